The van der Waals surface area contributed by atoms with Crippen molar-refractivity contribution in [3.05, 3.63) is 77.0 Å². The van der Waals surface area contributed by atoms with Gasteiger partial charge in [-0.2, -0.15) is 0 Å². The lowest BCUT2D eigenvalue weighted by Crippen LogP contribution is -2.28. The fourth-order valence-corrected chi connectivity index (χ4v) is 3.81. The van der Waals surface area contributed by atoms with Crippen molar-refractivity contribution in [3.63, 3.8) is 0 Å². The largest absolute Gasteiger partial charge is 0.327 e. The minimum Gasteiger partial charge on any atom is -0.327 e. The van der Waals surface area contributed by atoms with E-state index in [4.69, 9.17) is 0 Å². The van der Waals surface area contributed by atoms with E-state index in [0.717, 1.165) is 18.5 Å². The molecule has 5 rings (SSSR count). The summed E-state index contributed by atoms with van der Waals surface area (Å²) in [6.07, 6.45) is 11.3. The number of anilines is 1. The second kappa shape index (κ2) is 8.16. The first-order chi connectivity index (χ1) is 15.9. The molecule has 0 aromatic carbocycles. The van der Waals surface area contributed by atoms with Crippen LogP contribution in [0.25, 0.3) is 17.2 Å². The van der Waals surface area contributed by atoms with E-state index in [2.05, 4.69) is 34.1 Å². The van der Waals surface area contributed by atoms with Crippen LogP contribution < -0.4 is 10.9 Å². The van der Waals surface area contributed by atoms with E-state index in [-0.39, 0.29) is 17.2 Å². The zero-order valence-corrected chi connectivity index (χ0v) is 18.8. The first kappa shape index (κ1) is 20.9. The Morgan fingerprint density at radius 2 is 2.00 bits per heavy atom. The van der Waals surface area contributed by atoms with E-state index in [0.29, 0.717) is 28.9 Å². The summed E-state index contributed by atoms with van der Waals surface area (Å²) in [5, 5.41) is 2.76. The number of rotatable bonds is 6. The highest BCUT2D eigenvalue weighted by Crippen LogP contribution is 2.39. The molecule has 1 amide bonds. The van der Waals surface area contributed by atoms with Crippen LogP contribution in [-0.4, -0.2) is 34.6 Å². The van der Waals surface area contributed by atoms with Crippen LogP contribution in [0.5, 0.6) is 0 Å². The molecular formula is C24H25N7O2. The predicted molar refractivity (Wildman–Crippen MR) is 125 cm³/mol. The maximum atomic E-state index is 13.1. The van der Waals surface area contributed by atoms with Gasteiger partial charge in [0.15, 0.2) is 5.82 Å². The van der Waals surface area contributed by atoms with E-state index < -0.39 is 5.91 Å². The number of hydrogen-bond donors (Lipinski definition) is 1. The van der Waals surface area contributed by atoms with E-state index in [1.165, 1.54) is 4.57 Å². The molecule has 0 unspecified atom stereocenters. The van der Waals surface area contributed by atoms with Crippen LogP contribution in [0.1, 0.15) is 54.7 Å². The highest BCUT2D eigenvalue weighted by Gasteiger charge is 2.26. The van der Waals surface area contributed by atoms with Crippen molar-refractivity contribution in [1.29, 1.82) is 0 Å². The van der Waals surface area contributed by atoms with Crippen LogP contribution in [0.15, 0.2) is 60.2 Å². The maximum absolute atomic E-state index is 13.1. The van der Waals surface area contributed by atoms with Crippen molar-refractivity contribution in [2.75, 3.05) is 5.32 Å². The molecule has 1 fully saturated rings. The van der Waals surface area contributed by atoms with E-state index in [9.17, 15) is 9.59 Å². The van der Waals surface area contributed by atoms with Gasteiger partial charge in [0.05, 0.1) is 17.7 Å². The number of imidazole rings is 2. The third-order valence-electron chi connectivity index (χ3n) is 5.75. The number of hydrogen-bond acceptors (Lipinski definition) is 5. The Bertz CT molecular complexity index is 1390. The zero-order valence-electron chi connectivity index (χ0n) is 18.8. The first-order valence-corrected chi connectivity index (χ1v) is 11.0. The topological polar surface area (TPSA) is 99.6 Å². The number of aromatic nitrogens is 6. The molecule has 9 nitrogen and oxygen atoms in total. The molecule has 0 radical (unpaired) electrons. The van der Waals surface area contributed by atoms with Gasteiger partial charge in [-0.1, -0.05) is 6.07 Å². The molecule has 4 aromatic rings. The minimum atomic E-state index is -0.517. The third-order valence-corrected chi connectivity index (χ3v) is 5.75. The second-order valence-corrected chi connectivity index (χ2v) is 8.62. The molecule has 1 saturated carbocycles. The van der Waals surface area contributed by atoms with Crippen molar-refractivity contribution in [1.82, 2.24) is 28.7 Å². The molecule has 0 aliphatic heterocycles. The summed E-state index contributed by atoms with van der Waals surface area (Å²) in [4.78, 5) is 39.2. The SMILES string of the molecule is CC(C)n1ccnc1-c1cccc(NC(=O)c2cc(-n3cnc(C4CC4)c3)cn(C)c2=O)n1. The van der Waals surface area contributed by atoms with Crippen LogP contribution in [0, 0.1) is 0 Å². The molecule has 1 aliphatic carbocycles. The molecule has 168 valence electrons. The lowest BCUT2D eigenvalue weighted by Gasteiger charge is -2.12. The Labute approximate surface area is 190 Å². The van der Waals surface area contributed by atoms with Crippen LogP contribution in [0.4, 0.5) is 5.82 Å². The van der Waals surface area contributed by atoms with Gasteiger partial charge >= 0.3 is 0 Å². The van der Waals surface area contributed by atoms with Gasteiger partial charge in [0.25, 0.3) is 11.5 Å². The molecule has 4 aromatic heterocycles. The Morgan fingerprint density at radius 1 is 1.18 bits per heavy atom. The molecule has 0 spiro atoms. The Morgan fingerprint density at radius 3 is 2.76 bits per heavy atom. The van der Waals surface area contributed by atoms with Crippen molar-refractivity contribution < 1.29 is 4.79 Å². The predicted octanol–water partition coefficient (Wildman–Crippen LogP) is 3.54. The van der Waals surface area contributed by atoms with Crippen molar-refractivity contribution in [2.24, 2.45) is 7.05 Å². The second-order valence-electron chi connectivity index (χ2n) is 8.62. The van der Waals surface area contributed by atoms with Crippen molar-refractivity contribution in [2.45, 2.75) is 38.6 Å². The lowest BCUT2D eigenvalue weighted by molar-refractivity contribution is 0.102. The molecular weight excluding hydrogens is 418 g/mol. The average molecular weight is 444 g/mol. The van der Waals surface area contributed by atoms with Gasteiger partial charge in [-0.3, -0.25) is 9.59 Å². The number of pyridine rings is 2. The fraction of sp³-hybridized carbons (Fsp3) is 0.292. The summed E-state index contributed by atoms with van der Waals surface area (Å²) in [5.74, 6) is 1.07. The number of nitrogens with zero attached hydrogens (tertiary/aromatic N) is 6. The molecule has 1 N–H and O–H groups in total. The highest BCUT2D eigenvalue weighted by atomic mass is 16.2. The van der Waals surface area contributed by atoms with Crippen LogP contribution in [-0.2, 0) is 7.05 Å². The van der Waals surface area contributed by atoms with Gasteiger partial charge in [-0.15, -0.1) is 0 Å². The summed E-state index contributed by atoms with van der Waals surface area (Å²) >= 11 is 0. The monoisotopic (exact) mass is 443 g/mol. The summed E-state index contributed by atoms with van der Waals surface area (Å²) in [5.41, 5.74) is 2.02. The molecule has 0 saturated heterocycles. The van der Waals surface area contributed by atoms with E-state index >= 15 is 0 Å². The normalized spacial score (nSPS) is 13.5. The lowest BCUT2D eigenvalue weighted by atomic mass is 10.2. The minimum absolute atomic E-state index is 0.0348. The highest BCUT2D eigenvalue weighted by molar-refractivity contribution is 6.03. The summed E-state index contributed by atoms with van der Waals surface area (Å²) < 4.78 is 5.26. The van der Waals surface area contributed by atoms with E-state index in [1.54, 1.807) is 44.0 Å². The molecule has 0 atom stereocenters. The van der Waals surface area contributed by atoms with Gasteiger partial charge in [-0.25, -0.2) is 15.0 Å². The molecule has 0 bridgehead atoms. The van der Waals surface area contributed by atoms with Crippen molar-refractivity contribution in [3.8, 4) is 17.2 Å². The quantitative estimate of drug-likeness (QED) is 0.491. The fourth-order valence-electron chi connectivity index (χ4n) is 3.81. The van der Waals surface area contributed by atoms with Gasteiger partial charge in [0.1, 0.15) is 17.1 Å². The molecule has 33 heavy (non-hydrogen) atoms. The molecule has 1 aliphatic rings. The molecule has 4 heterocycles. The van der Waals surface area contributed by atoms with Crippen molar-refractivity contribution >= 4 is 11.7 Å². The summed E-state index contributed by atoms with van der Waals surface area (Å²) in [7, 11) is 1.63. The van der Waals surface area contributed by atoms with Gasteiger partial charge < -0.3 is 19.0 Å². The average Bonchev–Trinajstić information content (AvgIpc) is 3.32. The number of aryl methyl sites for hydroxylation is 1. The third kappa shape index (κ3) is 4.09. The van der Waals surface area contributed by atoms with E-state index in [1.807, 2.05) is 27.6 Å². The standard InChI is InChI=1S/C24H25N7O2/c1-15(2)31-10-9-25-22(31)19-5-4-6-21(27-19)28-23(32)18-11-17(12-29(3)24(18)33)30-13-20(26-14-30)16-7-8-16/h4-6,9-16H,7-8H2,1-3H3,(H,27,28,32). The number of amides is 1. The Balaban J connectivity index is 1.43. The van der Waals surface area contributed by atoms with Crippen LogP contribution in [0.2, 0.25) is 0 Å². The van der Waals surface area contributed by atoms with Gasteiger partial charge in [-0.05, 0) is 44.9 Å². The Kier molecular flexibility index (Phi) is 5.16. The Hall–Kier alpha value is -4.01. The number of carbonyl (C=O) groups excluding carboxylic acids is 1. The first-order valence-electron chi connectivity index (χ1n) is 11.0. The molecule has 9 heteroatoms. The number of carbonyl (C=O) groups is 1. The summed E-state index contributed by atoms with van der Waals surface area (Å²) in [6, 6.07) is 7.14. The zero-order chi connectivity index (χ0) is 23.1. The smallest absolute Gasteiger partial charge is 0.263 e. The van der Waals surface area contributed by atoms with Gasteiger partial charge in [0.2, 0.25) is 0 Å². The maximum Gasteiger partial charge on any atom is 0.263 e. The summed E-state index contributed by atoms with van der Waals surface area (Å²) in [6.45, 7) is 4.13. The van der Waals surface area contributed by atoms with Crippen LogP contribution in [0.3, 0.4) is 0 Å². The number of nitrogens with one attached hydrogen (secondary N) is 1. The van der Waals surface area contributed by atoms with Crippen LogP contribution >= 0.6 is 0 Å². The van der Waals surface area contributed by atoms with Gasteiger partial charge in [0, 0.05) is 43.8 Å².